The summed E-state index contributed by atoms with van der Waals surface area (Å²) >= 11 is 0. The summed E-state index contributed by atoms with van der Waals surface area (Å²) in [4.78, 5) is 0. The molecular formula is C16H27NO2. The van der Waals surface area contributed by atoms with E-state index in [2.05, 4.69) is 13.8 Å². The standard InChI is InChI=1S/C16H27NO2/c1-4-13(5-2)11-19-15-8-6-7-14(9-15)16(18)12(3)10-17/h6-9,12-13,16,18H,4-5,10-11,17H2,1-3H3. The third kappa shape index (κ3) is 4.84. The predicted molar refractivity (Wildman–Crippen MR) is 79.2 cm³/mol. The second kappa shape index (κ2) is 8.18. The lowest BCUT2D eigenvalue weighted by atomic mass is 9.97. The van der Waals surface area contributed by atoms with Crippen molar-refractivity contribution >= 4 is 0 Å². The highest BCUT2D eigenvalue weighted by atomic mass is 16.5. The summed E-state index contributed by atoms with van der Waals surface area (Å²) in [5.41, 5.74) is 6.47. The number of nitrogens with two attached hydrogens (primary N) is 1. The lowest BCUT2D eigenvalue weighted by Gasteiger charge is -2.19. The normalized spacial score (nSPS) is 14.4. The van der Waals surface area contributed by atoms with Crippen LogP contribution < -0.4 is 10.5 Å². The monoisotopic (exact) mass is 265 g/mol. The van der Waals surface area contributed by atoms with Crippen LogP contribution in [-0.4, -0.2) is 18.3 Å². The Morgan fingerprint density at radius 1 is 1.26 bits per heavy atom. The molecule has 0 bridgehead atoms. The van der Waals surface area contributed by atoms with Crippen LogP contribution in [-0.2, 0) is 0 Å². The summed E-state index contributed by atoms with van der Waals surface area (Å²) < 4.78 is 5.81. The quantitative estimate of drug-likeness (QED) is 0.759. The molecule has 3 nitrogen and oxygen atoms in total. The van der Waals surface area contributed by atoms with Crippen LogP contribution in [0.2, 0.25) is 0 Å². The van der Waals surface area contributed by atoms with Gasteiger partial charge in [0.15, 0.2) is 0 Å². The van der Waals surface area contributed by atoms with Crippen LogP contribution in [0, 0.1) is 11.8 Å². The van der Waals surface area contributed by atoms with E-state index >= 15 is 0 Å². The molecule has 108 valence electrons. The van der Waals surface area contributed by atoms with Crippen LogP contribution in [0.5, 0.6) is 5.75 Å². The number of ether oxygens (including phenoxy) is 1. The van der Waals surface area contributed by atoms with Gasteiger partial charge in [0, 0.05) is 0 Å². The second-order valence-electron chi connectivity index (χ2n) is 5.22. The Bertz CT molecular complexity index is 364. The number of aliphatic hydroxyl groups excluding tert-OH is 1. The van der Waals surface area contributed by atoms with Gasteiger partial charge in [-0.3, -0.25) is 0 Å². The minimum Gasteiger partial charge on any atom is -0.493 e. The van der Waals surface area contributed by atoms with Gasteiger partial charge in [-0.05, 0) is 36.1 Å². The zero-order valence-corrected chi connectivity index (χ0v) is 12.3. The summed E-state index contributed by atoms with van der Waals surface area (Å²) in [5, 5.41) is 10.1. The van der Waals surface area contributed by atoms with Gasteiger partial charge in [0.1, 0.15) is 5.75 Å². The molecule has 2 atom stereocenters. The third-order valence-corrected chi connectivity index (χ3v) is 3.75. The first-order valence-electron chi connectivity index (χ1n) is 7.23. The van der Waals surface area contributed by atoms with Gasteiger partial charge in [0.25, 0.3) is 0 Å². The van der Waals surface area contributed by atoms with Crippen molar-refractivity contribution in [3.8, 4) is 5.75 Å². The lowest BCUT2D eigenvalue weighted by Crippen LogP contribution is -2.19. The topological polar surface area (TPSA) is 55.5 Å². The zero-order chi connectivity index (χ0) is 14.3. The Balaban J connectivity index is 2.66. The summed E-state index contributed by atoms with van der Waals surface area (Å²) in [5.74, 6) is 1.47. The molecule has 3 heteroatoms. The maximum absolute atomic E-state index is 10.1. The smallest absolute Gasteiger partial charge is 0.119 e. The molecule has 0 fully saturated rings. The van der Waals surface area contributed by atoms with Crippen molar-refractivity contribution in [1.82, 2.24) is 0 Å². The van der Waals surface area contributed by atoms with Crippen molar-refractivity contribution in [3.05, 3.63) is 29.8 Å². The average Bonchev–Trinajstić information content (AvgIpc) is 2.47. The van der Waals surface area contributed by atoms with Gasteiger partial charge >= 0.3 is 0 Å². The van der Waals surface area contributed by atoms with Crippen molar-refractivity contribution < 1.29 is 9.84 Å². The van der Waals surface area contributed by atoms with Gasteiger partial charge in [0.2, 0.25) is 0 Å². The van der Waals surface area contributed by atoms with Gasteiger partial charge in [0.05, 0.1) is 12.7 Å². The number of hydrogen-bond donors (Lipinski definition) is 2. The second-order valence-corrected chi connectivity index (χ2v) is 5.22. The summed E-state index contributed by atoms with van der Waals surface area (Å²) in [6, 6.07) is 7.69. The average molecular weight is 265 g/mol. The minimum absolute atomic E-state index is 0.0503. The van der Waals surface area contributed by atoms with E-state index in [1.54, 1.807) is 0 Å². The van der Waals surface area contributed by atoms with E-state index in [0.717, 1.165) is 30.8 Å². The van der Waals surface area contributed by atoms with E-state index in [1.165, 1.54) is 0 Å². The Hall–Kier alpha value is -1.06. The number of hydrogen-bond acceptors (Lipinski definition) is 3. The highest BCUT2D eigenvalue weighted by molar-refractivity contribution is 5.30. The fourth-order valence-corrected chi connectivity index (χ4v) is 1.98. The molecule has 3 N–H and O–H groups in total. The molecule has 0 radical (unpaired) electrons. The molecule has 1 aromatic carbocycles. The predicted octanol–water partition coefficient (Wildman–Crippen LogP) is 3.13. The van der Waals surface area contributed by atoms with Crippen LogP contribution in [0.1, 0.15) is 45.3 Å². The molecule has 2 unspecified atom stereocenters. The molecule has 0 aliphatic rings. The van der Waals surface area contributed by atoms with E-state index in [1.807, 2.05) is 31.2 Å². The van der Waals surface area contributed by atoms with Crippen molar-refractivity contribution in [2.24, 2.45) is 17.6 Å². The summed E-state index contributed by atoms with van der Waals surface area (Å²) in [6.45, 7) is 7.52. The maximum atomic E-state index is 10.1. The molecule has 1 aromatic rings. The Kier molecular flexibility index (Phi) is 6.89. The number of rotatable bonds is 8. The molecule has 0 aliphatic carbocycles. The Labute approximate surface area is 116 Å². The number of benzene rings is 1. The first-order chi connectivity index (χ1) is 9.12. The van der Waals surface area contributed by atoms with Crippen molar-refractivity contribution in [3.63, 3.8) is 0 Å². The van der Waals surface area contributed by atoms with Gasteiger partial charge < -0.3 is 15.6 Å². The van der Waals surface area contributed by atoms with Crippen molar-refractivity contribution in [2.75, 3.05) is 13.2 Å². The molecule has 0 aromatic heterocycles. The van der Waals surface area contributed by atoms with Gasteiger partial charge in [-0.1, -0.05) is 45.7 Å². The lowest BCUT2D eigenvalue weighted by molar-refractivity contribution is 0.121. The highest BCUT2D eigenvalue weighted by Crippen LogP contribution is 2.25. The fourth-order valence-electron chi connectivity index (χ4n) is 1.98. The van der Waals surface area contributed by atoms with Crippen LogP contribution >= 0.6 is 0 Å². The largest absolute Gasteiger partial charge is 0.493 e. The van der Waals surface area contributed by atoms with Crippen LogP contribution in [0.25, 0.3) is 0 Å². The molecule has 0 spiro atoms. The van der Waals surface area contributed by atoms with Gasteiger partial charge in [-0.2, -0.15) is 0 Å². The summed E-state index contributed by atoms with van der Waals surface area (Å²) in [7, 11) is 0. The molecule has 0 heterocycles. The van der Waals surface area contributed by atoms with E-state index in [9.17, 15) is 5.11 Å². The van der Waals surface area contributed by atoms with Crippen molar-refractivity contribution in [1.29, 1.82) is 0 Å². The Morgan fingerprint density at radius 2 is 1.95 bits per heavy atom. The third-order valence-electron chi connectivity index (χ3n) is 3.75. The van der Waals surface area contributed by atoms with Crippen LogP contribution in [0.4, 0.5) is 0 Å². The van der Waals surface area contributed by atoms with Crippen LogP contribution in [0.3, 0.4) is 0 Å². The van der Waals surface area contributed by atoms with E-state index in [-0.39, 0.29) is 5.92 Å². The van der Waals surface area contributed by atoms with E-state index in [0.29, 0.717) is 12.5 Å². The first kappa shape index (κ1) is 16.0. The number of aliphatic hydroxyl groups is 1. The van der Waals surface area contributed by atoms with Crippen LogP contribution in [0.15, 0.2) is 24.3 Å². The van der Waals surface area contributed by atoms with Crippen molar-refractivity contribution in [2.45, 2.75) is 39.7 Å². The molecule has 19 heavy (non-hydrogen) atoms. The van der Waals surface area contributed by atoms with Gasteiger partial charge in [-0.25, -0.2) is 0 Å². The molecule has 0 saturated heterocycles. The first-order valence-corrected chi connectivity index (χ1v) is 7.23. The SMILES string of the molecule is CCC(CC)COc1cccc(C(O)C(C)CN)c1. The Morgan fingerprint density at radius 3 is 2.53 bits per heavy atom. The van der Waals surface area contributed by atoms with Gasteiger partial charge in [-0.15, -0.1) is 0 Å². The van der Waals surface area contributed by atoms with E-state index in [4.69, 9.17) is 10.5 Å². The molecule has 0 saturated carbocycles. The molecule has 0 amide bonds. The molecular weight excluding hydrogens is 238 g/mol. The molecule has 0 aliphatic heterocycles. The fraction of sp³-hybridized carbons (Fsp3) is 0.625. The zero-order valence-electron chi connectivity index (χ0n) is 12.3. The van der Waals surface area contributed by atoms with E-state index < -0.39 is 6.10 Å². The summed E-state index contributed by atoms with van der Waals surface area (Å²) in [6.07, 6.45) is 1.73. The highest BCUT2D eigenvalue weighted by Gasteiger charge is 2.15. The molecule has 1 rings (SSSR count). The maximum Gasteiger partial charge on any atom is 0.119 e. The minimum atomic E-state index is -0.526.